The van der Waals surface area contributed by atoms with Crippen LogP contribution in [0.4, 0.5) is 19.0 Å². The van der Waals surface area contributed by atoms with Crippen molar-refractivity contribution < 1.29 is 42.4 Å². The van der Waals surface area contributed by atoms with Crippen molar-refractivity contribution in [3.63, 3.8) is 0 Å². The lowest BCUT2D eigenvalue weighted by Crippen LogP contribution is -2.56. The van der Waals surface area contributed by atoms with Crippen LogP contribution in [0.5, 0.6) is 17.2 Å². The fourth-order valence-electron chi connectivity index (χ4n) is 6.27. The Hall–Kier alpha value is -3.29. The Kier molecular flexibility index (Phi) is 14.7. The molecule has 284 valence electrons. The van der Waals surface area contributed by atoms with E-state index >= 15 is 0 Å². The number of aliphatic hydroxyl groups excluding tert-OH is 2. The first-order valence-electron chi connectivity index (χ1n) is 17.5. The first-order valence-corrected chi connectivity index (χ1v) is 18.6. The van der Waals surface area contributed by atoms with Gasteiger partial charge in [0.15, 0.2) is 5.69 Å². The van der Waals surface area contributed by atoms with E-state index in [1.807, 2.05) is 36.4 Å². The number of anilines is 1. The molecule has 1 aliphatic carbocycles. The van der Waals surface area contributed by atoms with Gasteiger partial charge in [-0.25, -0.2) is 4.98 Å². The second kappa shape index (κ2) is 19.2. The predicted molar refractivity (Wildman–Crippen MR) is 196 cm³/mol. The number of halogens is 4. The van der Waals surface area contributed by atoms with Gasteiger partial charge >= 0.3 is 6.18 Å². The van der Waals surface area contributed by atoms with E-state index in [0.29, 0.717) is 25.4 Å². The van der Waals surface area contributed by atoms with E-state index in [1.54, 1.807) is 0 Å². The molecular formula is C36H46F3IN6O6. The van der Waals surface area contributed by atoms with E-state index in [1.165, 1.54) is 5.56 Å². The fourth-order valence-corrected chi connectivity index (χ4v) is 6.96. The first kappa shape index (κ1) is 39.9. The second-order valence-corrected chi connectivity index (χ2v) is 14.3. The van der Waals surface area contributed by atoms with E-state index in [-0.39, 0.29) is 30.8 Å². The summed E-state index contributed by atoms with van der Waals surface area (Å²) < 4.78 is 57.5. The lowest BCUT2D eigenvalue weighted by atomic mass is 9.90. The zero-order valence-corrected chi connectivity index (χ0v) is 30.8. The molecule has 1 saturated carbocycles. The van der Waals surface area contributed by atoms with Crippen LogP contribution in [0.15, 0.2) is 54.9 Å². The average Bonchev–Trinajstić information content (AvgIpc) is 3.12. The number of carbonyl (C=O) groups is 1. The first-order chi connectivity index (χ1) is 25.0. The molecule has 4 atom stereocenters. The Morgan fingerprint density at radius 1 is 1.00 bits per heavy atom. The molecule has 2 aliphatic rings. The van der Waals surface area contributed by atoms with Crippen LogP contribution < -0.4 is 31.2 Å². The summed E-state index contributed by atoms with van der Waals surface area (Å²) in [6, 6.07) is 13.1. The van der Waals surface area contributed by atoms with Gasteiger partial charge in [-0.2, -0.15) is 13.2 Å². The van der Waals surface area contributed by atoms with Crippen molar-refractivity contribution in [2.45, 2.75) is 94.0 Å². The SMILES string of the molecule is NCCc1ccc(Oc2ccc(OCCCCNC3CCC(NC(=O)C[C@H]4OC[C@H](Nc5cncc(C(F)(F)F)n5)[C@@H](O)[C@H]4O)CC3)cc2)c(I)c1. The molecule has 0 bridgehead atoms. The molecule has 1 aromatic heterocycles. The van der Waals surface area contributed by atoms with Crippen molar-refractivity contribution >= 4 is 34.3 Å². The summed E-state index contributed by atoms with van der Waals surface area (Å²) in [6.07, 6.45) is -0.785. The maximum Gasteiger partial charge on any atom is 0.434 e. The van der Waals surface area contributed by atoms with Gasteiger partial charge in [-0.1, -0.05) is 6.07 Å². The fraction of sp³-hybridized carbons (Fsp3) is 0.528. The maximum atomic E-state index is 13.0. The third-order valence-electron chi connectivity index (χ3n) is 9.12. The Labute approximate surface area is 314 Å². The van der Waals surface area contributed by atoms with Crippen LogP contribution in [0.3, 0.4) is 0 Å². The van der Waals surface area contributed by atoms with Crippen LogP contribution in [-0.4, -0.2) is 88.8 Å². The van der Waals surface area contributed by atoms with Crippen molar-refractivity contribution in [2.24, 2.45) is 5.73 Å². The molecule has 2 aromatic carbocycles. The largest absolute Gasteiger partial charge is 0.494 e. The third kappa shape index (κ3) is 11.9. The molecule has 0 radical (unpaired) electrons. The van der Waals surface area contributed by atoms with E-state index in [2.05, 4.69) is 54.6 Å². The summed E-state index contributed by atoms with van der Waals surface area (Å²) in [4.78, 5) is 19.8. The summed E-state index contributed by atoms with van der Waals surface area (Å²) in [5.41, 5.74) is 5.65. The van der Waals surface area contributed by atoms with Gasteiger partial charge in [0, 0.05) is 12.1 Å². The zero-order valence-electron chi connectivity index (χ0n) is 28.7. The van der Waals surface area contributed by atoms with Gasteiger partial charge < -0.3 is 46.1 Å². The summed E-state index contributed by atoms with van der Waals surface area (Å²) >= 11 is 2.27. The normalized spacial score (nSPS) is 23.5. The van der Waals surface area contributed by atoms with Crippen LogP contribution in [0, 0.1) is 3.57 Å². The molecule has 1 aliphatic heterocycles. The molecule has 16 heteroatoms. The van der Waals surface area contributed by atoms with Gasteiger partial charge in [-0.3, -0.25) is 9.78 Å². The number of carbonyl (C=O) groups excluding carboxylic acids is 1. The van der Waals surface area contributed by atoms with Gasteiger partial charge in [0.1, 0.15) is 35.3 Å². The van der Waals surface area contributed by atoms with Crippen molar-refractivity contribution in [1.29, 1.82) is 0 Å². The summed E-state index contributed by atoms with van der Waals surface area (Å²) in [6.45, 7) is 1.95. The number of amides is 1. The van der Waals surface area contributed by atoms with Crippen molar-refractivity contribution in [3.05, 3.63) is 69.7 Å². The minimum absolute atomic E-state index is 0.000740. The molecule has 3 aromatic rings. The number of rotatable bonds is 16. The number of unbranched alkanes of at least 4 members (excludes halogenated alkanes) is 1. The molecule has 0 unspecified atom stereocenters. The summed E-state index contributed by atoms with van der Waals surface area (Å²) in [5.74, 6) is 1.82. The third-order valence-corrected chi connectivity index (χ3v) is 9.97. The Balaban J connectivity index is 0.919. The quantitative estimate of drug-likeness (QED) is 0.0883. The van der Waals surface area contributed by atoms with Crippen molar-refractivity contribution in [1.82, 2.24) is 20.6 Å². The summed E-state index contributed by atoms with van der Waals surface area (Å²) in [7, 11) is 0. The van der Waals surface area contributed by atoms with E-state index in [9.17, 15) is 28.2 Å². The number of aromatic nitrogens is 2. The number of nitrogens with zero attached hydrogens (tertiary/aromatic N) is 2. The maximum absolute atomic E-state index is 13.0. The molecule has 1 saturated heterocycles. The van der Waals surface area contributed by atoms with Crippen LogP contribution in [0.2, 0.25) is 0 Å². The Bertz CT molecular complexity index is 1580. The van der Waals surface area contributed by atoms with Gasteiger partial charge in [-0.15, -0.1) is 0 Å². The second-order valence-electron chi connectivity index (χ2n) is 13.1. The molecule has 2 heterocycles. The van der Waals surface area contributed by atoms with E-state index < -0.39 is 36.2 Å². The molecule has 5 rings (SSSR count). The van der Waals surface area contributed by atoms with Crippen molar-refractivity contribution in [3.8, 4) is 17.2 Å². The highest BCUT2D eigenvalue weighted by Crippen LogP contribution is 2.30. The number of alkyl halides is 3. The standard InChI is InChI=1S/C36H46F3IN6O6/c37-36(38,39)31-19-42-20-32(46-31)45-28-21-51-30(35(49)34(28)48)18-33(47)44-24-6-4-23(5-7-24)43-15-1-2-16-50-25-8-10-26(11-9-25)52-29-12-3-22(13-14-41)17-27(29)40/h3,8-12,17,19-20,23-24,28,30,34-35,43,48-49H,1-2,4-7,13-16,18,21,41H2,(H,44,47)(H,45,46)/t23?,24?,28-,30+,34+,35-/m0/s1. The van der Waals surface area contributed by atoms with Gasteiger partial charge in [0.2, 0.25) is 5.91 Å². The number of benzene rings is 2. The monoisotopic (exact) mass is 842 g/mol. The highest BCUT2D eigenvalue weighted by Gasteiger charge is 2.40. The summed E-state index contributed by atoms with van der Waals surface area (Å²) in [5, 5.41) is 30.4. The average molecular weight is 843 g/mol. The van der Waals surface area contributed by atoms with E-state index in [4.69, 9.17) is 19.9 Å². The van der Waals surface area contributed by atoms with Crippen LogP contribution in [0.1, 0.15) is 56.2 Å². The highest BCUT2D eigenvalue weighted by molar-refractivity contribution is 14.1. The smallest absolute Gasteiger partial charge is 0.434 e. The number of nitrogens with one attached hydrogen (secondary N) is 3. The molecule has 0 spiro atoms. The predicted octanol–water partition coefficient (Wildman–Crippen LogP) is 4.56. The Morgan fingerprint density at radius 2 is 1.73 bits per heavy atom. The number of hydrogen-bond donors (Lipinski definition) is 6. The number of ether oxygens (including phenoxy) is 3. The minimum atomic E-state index is -4.68. The minimum Gasteiger partial charge on any atom is -0.494 e. The zero-order chi connectivity index (χ0) is 37.1. The van der Waals surface area contributed by atoms with Gasteiger partial charge in [-0.05, 0) is 123 Å². The molecule has 12 nitrogen and oxygen atoms in total. The lowest BCUT2D eigenvalue weighted by molar-refractivity contribution is -0.152. The van der Waals surface area contributed by atoms with Crippen LogP contribution in [-0.2, 0) is 22.1 Å². The topological polar surface area (TPSA) is 173 Å². The van der Waals surface area contributed by atoms with Crippen LogP contribution >= 0.6 is 22.6 Å². The van der Waals surface area contributed by atoms with Gasteiger partial charge in [0.05, 0.1) is 47.7 Å². The van der Waals surface area contributed by atoms with Crippen LogP contribution in [0.25, 0.3) is 0 Å². The molecule has 2 fully saturated rings. The molecule has 52 heavy (non-hydrogen) atoms. The number of hydrogen-bond acceptors (Lipinski definition) is 11. The number of nitrogens with two attached hydrogens (primary N) is 1. The lowest BCUT2D eigenvalue weighted by Gasteiger charge is -2.38. The van der Waals surface area contributed by atoms with E-state index in [0.717, 1.165) is 78.5 Å². The number of aliphatic hydroxyl groups is 2. The van der Waals surface area contributed by atoms with Gasteiger partial charge in [0.25, 0.3) is 0 Å². The molecule has 1 amide bonds. The Morgan fingerprint density at radius 3 is 2.44 bits per heavy atom. The highest BCUT2D eigenvalue weighted by atomic mass is 127. The molecular weight excluding hydrogens is 796 g/mol. The molecule has 7 N–H and O–H groups in total. The van der Waals surface area contributed by atoms with Crippen molar-refractivity contribution in [2.75, 3.05) is 31.6 Å².